The van der Waals surface area contributed by atoms with Crippen molar-refractivity contribution in [1.29, 1.82) is 0 Å². The van der Waals surface area contributed by atoms with Crippen LogP contribution in [0.5, 0.6) is 0 Å². The fraction of sp³-hybridized carbons (Fsp3) is 0.294. The monoisotopic (exact) mass is 254 g/mol. The highest BCUT2D eigenvalue weighted by Gasteiger charge is 1.93. The summed E-state index contributed by atoms with van der Waals surface area (Å²) in [6, 6.07) is 21.1. The van der Waals surface area contributed by atoms with Gasteiger partial charge in [0.05, 0.1) is 0 Å². The summed E-state index contributed by atoms with van der Waals surface area (Å²) in [7, 11) is 0. The molecule has 1 fully saturated rings. The van der Waals surface area contributed by atoms with Crippen LogP contribution in [0, 0.1) is 0 Å². The van der Waals surface area contributed by atoms with E-state index in [-0.39, 0.29) is 0 Å². The quantitative estimate of drug-likeness (QED) is 0.860. The van der Waals surface area contributed by atoms with Gasteiger partial charge in [-0.2, -0.15) is 0 Å². The van der Waals surface area contributed by atoms with Crippen molar-refractivity contribution in [1.82, 2.24) is 10.6 Å². The van der Waals surface area contributed by atoms with Crippen LogP contribution in [0.15, 0.2) is 60.7 Å². The van der Waals surface area contributed by atoms with Crippen molar-refractivity contribution in [3.63, 3.8) is 0 Å². The van der Waals surface area contributed by atoms with Crippen molar-refractivity contribution >= 4 is 0 Å². The van der Waals surface area contributed by atoms with E-state index < -0.39 is 0 Å². The summed E-state index contributed by atoms with van der Waals surface area (Å²) in [6.45, 7) is 4.56. The third kappa shape index (κ3) is 5.69. The molecule has 2 aromatic carbocycles. The Balaban J connectivity index is 0.000000186. The number of benzene rings is 2. The zero-order valence-electron chi connectivity index (χ0n) is 11.3. The van der Waals surface area contributed by atoms with Gasteiger partial charge in [-0.25, -0.2) is 0 Å². The van der Waals surface area contributed by atoms with Gasteiger partial charge in [-0.05, 0) is 17.5 Å². The van der Waals surface area contributed by atoms with Gasteiger partial charge in [0, 0.05) is 26.2 Å². The maximum Gasteiger partial charge on any atom is 0.00772 e. The molecule has 1 heterocycles. The molecule has 0 amide bonds. The van der Waals surface area contributed by atoms with Gasteiger partial charge in [-0.1, -0.05) is 60.7 Å². The molecular formula is C17H22N2. The van der Waals surface area contributed by atoms with Gasteiger partial charge in [-0.3, -0.25) is 0 Å². The molecule has 3 rings (SSSR count). The first-order valence-corrected chi connectivity index (χ1v) is 6.94. The Hall–Kier alpha value is -1.64. The van der Waals surface area contributed by atoms with Crippen molar-refractivity contribution in [3.8, 4) is 0 Å². The van der Waals surface area contributed by atoms with Crippen LogP contribution in [-0.2, 0) is 6.42 Å². The average Bonchev–Trinajstić information content (AvgIpc) is 2.52. The largest absolute Gasteiger partial charge is 0.314 e. The van der Waals surface area contributed by atoms with Crippen LogP contribution in [0.1, 0.15) is 11.1 Å². The zero-order chi connectivity index (χ0) is 13.2. The standard InChI is InChI=1S/C13H12.C4H10N2/c1-3-7-12(8-4-1)11-13-9-5-2-6-10-13;1-2-6-4-3-5-1/h1-10H,11H2;5-6H,1-4H2. The lowest BCUT2D eigenvalue weighted by Crippen LogP contribution is -2.39. The Morgan fingerprint density at radius 1 is 0.579 bits per heavy atom. The molecular weight excluding hydrogens is 232 g/mol. The second kappa shape index (κ2) is 8.46. The molecule has 0 unspecified atom stereocenters. The predicted molar refractivity (Wildman–Crippen MR) is 81.4 cm³/mol. The van der Waals surface area contributed by atoms with E-state index in [0.29, 0.717) is 0 Å². The summed E-state index contributed by atoms with van der Waals surface area (Å²) >= 11 is 0. The Morgan fingerprint density at radius 3 is 1.26 bits per heavy atom. The minimum atomic E-state index is 1.03. The molecule has 2 aromatic rings. The second-order valence-electron chi connectivity index (χ2n) is 4.65. The van der Waals surface area contributed by atoms with E-state index in [1.807, 2.05) is 0 Å². The molecule has 0 aliphatic carbocycles. The molecule has 19 heavy (non-hydrogen) atoms. The van der Waals surface area contributed by atoms with Crippen LogP contribution in [0.2, 0.25) is 0 Å². The third-order valence-corrected chi connectivity index (χ3v) is 3.05. The Morgan fingerprint density at radius 2 is 0.947 bits per heavy atom. The van der Waals surface area contributed by atoms with Crippen molar-refractivity contribution in [3.05, 3.63) is 71.8 Å². The number of rotatable bonds is 2. The maximum absolute atomic E-state index is 3.22. The molecule has 2 heteroatoms. The molecule has 0 bridgehead atoms. The zero-order valence-corrected chi connectivity index (χ0v) is 11.3. The molecule has 0 saturated carbocycles. The van der Waals surface area contributed by atoms with E-state index in [2.05, 4.69) is 71.3 Å². The summed E-state index contributed by atoms with van der Waals surface area (Å²) in [5.74, 6) is 0. The van der Waals surface area contributed by atoms with Crippen LogP contribution in [0.4, 0.5) is 0 Å². The molecule has 100 valence electrons. The summed E-state index contributed by atoms with van der Waals surface area (Å²) in [5.41, 5.74) is 2.74. The van der Waals surface area contributed by atoms with E-state index in [0.717, 1.165) is 32.6 Å². The summed E-state index contributed by atoms with van der Waals surface area (Å²) in [4.78, 5) is 0. The van der Waals surface area contributed by atoms with E-state index in [4.69, 9.17) is 0 Å². The van der Waals surface area contributed by atoms with Crippen LogP contribution in [0.3, 0.4) is 0 Å². The summed E-state index contributed by atoms with van der Waals surface area (Å²) in [6.07, 6.45) is 1.03. The normalized spacial score (nSPS) is 14.3. The topological polar surface area (TPSA) is 24.1 Å². The minimum Gasteiger partial charge on any atom is -0.314 e. The molecule has 2 nitrogen and oxygen atoms in total. The van der Waals surface area contributed by atoms with Gasteiger partial charge in [0.2, 0.25) is 0 Å². The third-order valence-electron chi connectivity index (χ3n) is 3.05. The number of nitrogens with one attached hydrogen (secondary N) is 2. The van der Waals surface area contributed by atoms with Gasteiger partial charge in [-0.15, -0.1) is 0 Å². The van der Waals surface area contributed by atoms with Crippen LogP contribution < -0.4 is 10.6 Å². The highest BCUT2D eigenvalue weighted by molar-refractivity contribution is 5.25. The van der Waals surface area contributed by atoms with Crippen LogP contribution in [0.25, 0.3) is 0 Å². The first kappa shape index (κ1) is 13.8. The fourth-order valence-corrected chi connectivity index (χ4v) is 2.03. The lowest BCUT2D eigenvalue weighted by Gasteiger charge is -2.11. The first-order chi connectivity index (χ1) is 9.45. The van der Waals surface area contributed by atoms with Gasteiger partial charge in [0.25, 0.3) is 0 Å². The molecule has 0 radical (unpaired) electrons. The van der Waals surface area contributed by atoms with Gasteiger partial charge >= 0.3 is 0 Å². The van der Waals surface area contributed by atoms with Gasteiger partial charge in [0.15, 0.2) is 0 Å². The highest BCUT2D eigenvalue weighted by Crippen LogP contribution is 2.07. The van der Waals surface area contributed by atoms with Crippen molar-refractivity contribution < 1.29 is 0 Å². The van der Waals surface area contributed by atoms with Gasteiger partial charge < -0.3 is 10.6 Å². The molecule has 0 atom stereocenters. The number of hydrogen-bond donors (Lipinski definition) is 2. The Kier molecular flexibility index (Phi) is 6.14. The van der Waals surface area contributed by atoms with E-state index in [9.17, 15) is 0 Å². The molecule has 1 aliphatic rings. The van der Waals surface area contributed by atoms with E-state index in [1.54, 1.807) is 0 Å². The number of piperazine rings is 1. The smallest absolute Gasteiger partial charge is 0.00772 e. The summed E-state index contributed by atoms with van der Waals surface area (Å²) in [5, 5.41) is 6.44. The van der Waals surface area contributed by atoms with Crippen LogP contribution in [-0.4, -0.2) is 26.2 Å². The molecule has 1 aliphatic heterocycles. The molecule has 2 N–H and O–H groups in total. The lowest BCUT2D eigenvalue weighted by atomic mass is 10.1. The van der Waals surface area contributed by atoms with Crippen molar-refractivity contribution in [2.75, 3.05) is 26.2 Å². The Labute approximate surface area is 115 Å². The minimum absolute atomic E-state index is 1.03. The maximum atomic E-state index is 3.22. The molecule has 0 spiro atoms. The second-order valence-corrected chi connectivity index (χ2v) is 4.65. The fourth-order valence-electron chi connectivity index (χ4n) is 2.03. The van der Waals surface area contributed by atoms with E-state index >= 15 is 0 Å². The lowest BCUT2D eigenvalue weighted by molar-refractivity contribution is 0.534. The van der Waals surface area contributed by atoms with Gasteiger partial charge in [0.1, 0.15) is 0 Å². The highest BCUT2D eigenvalue weighted by atomic mass is 15.0. The van der Waals surface area contributed by atoms with Crippen molar-refractivity contribution in [2.45, 2.75) is 6.42 Å². The van der Waals surface area contributed by atoms with E-state index in [1.165, 1.54) is 11.1 Å². The SMILES string of the molecule is C1CNCCN1.c1ccc(Cc2ccccc2)cc1. The molecule has 0 aromatic heterocycles. The first-order valence-electron chi connectivity index (χ1n) is 6.94. The van der Waals surface area contributed by atoms with Crippen molar-refractivity contribution in [2.24, 2.45) is 0 Å². The average molecular weight is 254 g/mol. The van der Waals surface area contributed by atoms with Crippen LogP contribution >= 0.6 is 0 Å². The molecule has 1 saturated heterocycles. The number of hydrogen-bond acceptors (Lipinski definition) is 2. The summed E-state index contributed by atoms with van der Waals surface area (Å²) < 4.78 is 0. The Bertz CT molecular complexity index is 386. The predicted octanol–water partition coefficient (Wildman–Crippen LogP) is 2.46.